The number of anilines is 3. The van der Waals surface area contributed by atoms with Crippen molar-refractivity contribution in [1.82, 2.24) is 4.57 Å². The van der Waals surface area contributed by atoms with Gasteiger partial charge >= 0.3 is 0 Å². The summed E-state index contributed by atoms with van der Waals surface area (Å²) in [4.78, 5) is 2.41. The average Bonchev–Trinajstić information content (AvgIpc) is 3.91. The molecular formula is C60H40N2O. The van der Waals surface area contributed by atoms with Gasteiger partial charge in [-0.3, -0.25) is 0 Å². The van der Waals surface area contributed by atoms with Gasteiger partial charge in [-0.15, -0.1) is 0 Å². The third kappa shape index (κ3) is 6.29. The molecule has 0 aliphatic rings. The quantitative estimate of drug-likeness (QED) is 0.153. The van der Waals surface area contributed by atoms with Crippen molar-refractivity contribution in [3.8, 4) is 50.2 Å². The van der Waals surface area contributed by atoms with Gasteiger partial charge in [0.2, 0.25) is 0 Å². The molecule has 12 rings (SSSR count). The maximum absolute atomic E-state index is 6.49. The second kappa shape index (κ2) is 15.3. The molecule has 0 aliphatic heterocycles. The Balaban J connectivity index is 1.03. The van der Waals surface area contributed by atoms with Crippen LogP contribution in [0.1, 0.15) is 0 Å². The minimum Gasteiger partial charge on any atom is -0.455 e. The summed E-state index contributed by atoms with van der Waals surface area (Å²) in [6, 6.07) is 87.1. The number of para-hydroxylation sites is 6. The van der Waals surface area contributed by atoms with Crippen LogP contribution in [-0.4, -0.2) is 4.57 Å². The van der Waals surface area contributed by atoms with E-state index in [1.807, 2.05) is 12.1 Å². The third-order valence-electron chi connectivity index (χ3n) is 12.4. The van der Waals surface area contributed by atoms with E-state index in [1.165, 1.54) is 32.9 Å². The molecule has 3 heteroatoms. The predicted octanol–water partition coefficient (Wildman–Crippen LogP) is 16.8. The Morgan fingerprint density at radius 3 is 1.60 bits per heavy atom. The molecule has 0 amide bonds. The number of fused-ring (bicyclic) bond motifs is 6. The zero-order chi connectivity index (χ0) is 41.7. The van der Waals surface area contributed by atoms with Crippen molar-refractivity contribution in [3.05, 3.63) is 243 Å². The van der Waals surface area contributed by atoms with Gasteiger partial charge in [-0.05, 0) is 82.4 Å². The van der Waals surface area contributed by atoms with E-state index in [-0.39, 0.29) is 0 Å². The highest BCUT2D eigenvalue weighted by Gasteiger charge is 2.22. The minimum absolute atomic E-state index is 0.898. The lowest BCUT2D eigenvalue weighted by Gasteiger charge is -2.29. The summed E-state index contributed by atoms with van der Waals surface area (Å²) in [5.74, 6) is 0. The smallest absolute Gasteiger partial charge is 0.143 e. The second-order valence-electron chi connectivity index (χ2n) is 16.1. The summed E-state index contributed by atoms with van der Waals surface area (Å²) in [5.41, 5.74) is 17.6. The van der Waals surface area contributed by atoms with Crippen LogP contribution in [0.4, 0.5) is 17.1 Å². The molecule has 10 aromatic carbocycles. The molecule has 0 atom stereocenters. The molecular weight excluding hydrogens is 765 g/mol. The molecule has 2 heterocycles. The van der Waals surface area contributed by atoms with Crippen molar-refractivity contribution in [1.29, 1.82) is 0 Å². The van der Waals surface area contributed by atoms with Crippen molar-refractivity contribution >= 4 is 60.8 Å². The highest BCUT2D eigenvalue weighted by atomic mass is 16.3. The zero-order valence-corrected chi connectivity index (χ0v) is 34.4. The van der Waals surface area contributed by atoms with Crippen molar-refractivity contribution < 1.29 is 4.42 Å². The Hall–Kier alpha value is -8.40. The molecule has 3 nitrogen and oxygen atoms in total. The lowest BCUT2D eigenvalue weighted by atomic mass is 9.97. The molecule has 0 bridgehead atoms. The minimum atomic E-state index is 0.898. The number of furan rings is 1. The van der Waals surface area contributed by atoms with Crippen molar-refractivity contribution in [3.63, 3.8) is 0 Å². The largest absolute Gasteiger partial charge is 0.455 e. The van der Waals surface area contributed by atoms with Crippen molar-refractivity contribution in [2.24, 2.45) is 0 Å². The second-order valence-corrected chi connectivity index (χ2v) is 16.1. The van der Waals surface area contributed by atoms with Gasteiger partial charge in [-0.2, -0.15) is 0 Å². The summed E-state index contributed by atoms with van der Waals surface area (Å²) >= 11 is 0. The first kappa shape index (κ1) is 36.5. The highest BCUT2D eigenvalue weighted by Crippen LogP contribution is 2.45. The number of rotatable bonds is 8. The molecule has 63 heavy (non-hydrogen) atoms. The Bertz CT molecular complexity index is 3560. The molecule has 12 aromatic rings. The first-order valence-electron chi connectivity index (χ1n) is 21.5. The molecule has 0 unspecified atom stereocenters. The van der Waals surface area contributed by atoms with Gasteiger partial charge in [-0.1, -0.05) is 188 Å². The summed E-state index contributed by atoms with van der Waals surface area (Å²) in [6.45, 7) is 0. The standard InChI is InChI=1S/C60H40N2O/c1-2-16-41(17-3-1)42-32-34-43(35-33-42)45-18-14-19-47(40-45)61(46-38-36-44(37-39-46)48-25-15-26-54-53-24-8-13-31-59(53)63-60(48)54)55-27-9-4-20-49(55)50-21-5-10-28-56(50)62-57-29-11-6-22-51(57)52-23-7-12-30-58(52)62/h1-40H. The van der Waals surface area contributed by atoms with Crippen LogP contribution in [0.3, 0.4) is 0 Å². The number of hydrogen-bond donors (Lipinski definition) is 0. The van der Waals surface area contributed by atoms with E-state index in [0.29, 0.717) is 0 Å². The van der Waals surface area contributed by atoms with Crippen LogP contribution in [-0.2, 0) is 0 Å². The Labute approximate surface area is 366 Å². The Kier molecular flexibility index (Phi) is 8.83. The number of benzene rings is 10. The van der Waals surface area contributed by atoms with Crippen LogP contribution < -0.4 is 4.90 Å². The normalized spacial score (nSPS) is 11.5. The van der Waals surface area contributed by atoms with Crippen LogP contribution in [0, 0.1) is 0 Å². The van der Waals surface area contributed by atoms with Crippen molar-refractivity contribution in [2.75, 3.05) is 4.90 Å². The van der Waals surface area contributed by atoms with E-state index in [4.69, 9.17) is 4.42 Å². The number of hydrogen-bond acceptors (Lipinski definition) is 2. The molecule has 0 aliphatic carbocycles. The highest BCUT2D eigenvalue weighted by molar-refractivity contribution is 6.11. The maximum atomic E-state index is 6.49. The first-order chi connectivity index (χ1) is 31.3. The summed E-state index contributed by atoms with van der Waals surface area (Å²) in [7, 11) is 0. The molecule has 0 radical (unpaired) electrons. The van der Waals surface area contributed by atoms with Gasteiger partial charge in [0.15, 0.2) is 0 Å². The van der Waals surface area contributed by atoms with E-state index >= 15 is 0 Å². The Morgan fingerprint density at radius 1 is 0.317 bits per heavy atom. The van der Waals surface area contributed by atoms with Gasteiger partial charge in [-0.25, -0.2) is 0 Å². The van der Waals surface area contributed by atoms with Gasteiger partial charge in [0.05, 0.1) is 22.4 Å². The van der Waals surface area contributed by atoms with Crippen molar-refractivity contribution in [2.45, 2.75) is 0 Å². The van der Waals surface area contributed by atoms with E-state index in [9.17, 15) is 0 Å². The fourth-order valence-corrected chi connectivity index (χ4v) is 9.48. The number of aromatic nitrogens is 1. The fraction of sp³-hybridized carbons (Fsp3) is 0. The molecule has 0 saturated carbocycles. The third-order valence-corrected chi connectivity index (χ3v) is 12.4. The van der Waals surface area contributed by atoms with Crippen LogP contribution in [0.15, 0.2) is 247 Å². The number of nitrogens with zero attached hydrogens (tertiary/aromatic N) is 2. The van der Waals surface area contributed by atoms with Crippen LogP contribution >= 0.6 is 0 Å². The van der Waals surface area contributed by atoms with E-state index < -0.39 is 0 Å². The molecule has 296 valence electrons. The molecule has 0 fully saturated rings. The first-order valence-corrected chi connectivity index (χ1v) is 21.5. The molecule has 0 N–H and O–H groups in total. The van der Waals surface area contributed by atoms with E-state index in [0.717, 1.165) is 78.1 Å². The Morgan fingerprint density at radius 2 is 0.841 bits per heavy atom. The maximum Gasteiger partial charge on any atom is 0.143 e. The monoisotopic (exact) mass is 804 g/mol. The van der Waals surface area contributed by atoms with E-state index in [2.05, 4.69) is 240 Å². The summed E-state index contributed by atoms with van der Waals surface area (Å²) in [5, 5.41) is 4.73. The van der Waals surface area contributed by atoms with Gasteiger partial charge in [0.25, 0.3) is 0 Å². The van der Waals surface area contributed by atoms with Gasteiger partial charge in [0.1, 0.15) is 11.2 Å². The van der Waals surface area contributed by atoms with Crippen LogP contribution in [0.2, 0.25) is 0 Å². The average molecular weight is 805 g/mol. The van der Waals surface area contributed by atoms with Crippen LogP contribution in [0.5, 0.6) is 0 Å². The van der Waals surface area contributed by atoms with Gasteiger partial charge in [0, 0.05) is 49.6 Å². The summed E-state index contributed by atoms with van der Waals surface area (Å²) < 4.78 is 8.91. The molecule has 0 saturated heterocycles. The van der Waals surface area contributed by atoms with Crippen LogP contribution in [0.25, 0.3) is 93.9 Å². The predicted molar refractivity (Wildman–Crippen MR) is 264 cm³/mol. The molecule has 0 spiro atoms. The van der Waals surface area contributed by atoms with Gasteiger partial charge < -0.3 is 13.9 Å². The summed E-state index contributed by atoms with van der Waals surface area (Å²) in [6.07, 6.45) is 0. The molecule has 2 aromatic heterocycles. The lowest BCUT2D eigenvalue weighted by Crippen LogP contribution is -2.11. The van der Waals surface area contributed by atoms with E-state index in [1.54, 1.807) is 0 Å². The zero-order valence-electron chi connectivity index (χ0n) is 34.4. The topological polar surface area (TPSA) is 21.3 Å². The lowest BCUT2D eigenvalue weighted by molar-refractivity contribution is 0.670. The fourth-order valence-electron chi connectivity index (χ4n) is 9.48. The SMILES string of the molecule is c1ccc(-c2ccc(-c3cccc(N(c4ccc(-c5cccc6c5oc5ccccc56)cc4)c4ccccc4-c4ccccc4-n4c5ccccc5c5ccccc54)c3)cc2)cc1.